The van der Waals surface area contributed by atoms with Gasteiger partial charge in [0, 0.05) is 41.5 Å². The van der Waals surface area contributed by atoms with Crippen LogP contribution in [0, 0.1) is 11.6 Å². The Labute approximate surface area is 218 Å². The molecule has 7 nitrogen and oxygen atoms in total. The van der Waals surface area contributed by atoms with Crippen LogP contribution in [0.15, 0.2) is 67.1 Å². The van der Waals surface area contributed by atoms with Crippen molar-refractivity contribution in [2.45, 2.75) is 25.4 Å². The molecule has 1 aliphatic rings. The maximum Gasteiger partial charge on any atom is 0.434 e. The third-order valence-electron chi connectivity index (χ3n) is 6.27. The van der Waals surface area contributed by atoms with Gasteiger partial charge >= 0.3 is 6.18 Å². The minimum Gasteiger partial charge on any atom is -0.322 e. The molecule has 4 aromatic rings. The number of amides is 2. The average molecular weight is 539 g/mol. The Balaban J connectivity index is 1.64. The second-order valence-corrected chi connectivity index (χ2v) is 9.21. The van der Waals surface area contributed by atoms with E-state index in [-0.39, 0.29) is 23.0 Å². The van der Waals surface area contributed by atoms with E-state index in [2.05, 4.69) is 20.3 Å². The number of carbonyl (C=O) groups excluding carboxylic acids is 2. The fraction of sp³-hybridized carbons (Fsp3) is 0.148. The molecule has 0 radical (unpaired) electrons. The minimum absolute atomic E-state index is 0.112. The first kappa shape index (κ1) is 25.9. The monoisotopic (exact) mass is 539 g/mol. The predicted octanol–water partition coefficient (Wildman–Crippen LogP) is 6.04. The fourth-order valence-electron chi connectivity index (χ4n) is 4.44. The molecule has 5 rings (SSSR count). The van der Waals surface area contributed by atoms with Gasteiger partial charge in [0.15, 0.2) is 17.3 Å². The summed E-state index contributed by atoms with van der Waals surface area (Å²) in [6.07, 6.45) is -1.15. The van der Waals surface area contributed by atoms with E-state index < -0.39 is 40.4 Å². The number of aromatic nitrogens is 3. The van der Waals surface area contributed by atoms with Gasteiger partial charge in [0.1, 0.15) is 11.6 Å². The summed E-state index contributed by atoms with van der Waals surface area (Å²) in [6.45, 7) is 3.30. The van der Waals surface area contributed by atoms with Gasteiger partial charge in [-0.2, -0.15) is 13.2 Å². The van der Waals surface area contributed by atoms with Crippen LogP contribution in [0.1, 0.15) is 35.5 Å². The predicted molar refractivity (Wildman–Crippen MR) is 131 cm³/mol. The van der Waals surface area contributed by atoms with Crippen molar-refractivity contribution in [3.8, 4) is 11.1 Å². The Kier molecular flexibility index (Phi) is 6.12. The average Bonchev–Trinajstić information content (AvgIpc) is 3.11. The summed E-state index contributed by atoms with van der Waals surface area (Å²) in [5, 5.41) is 2.15. The van der Waals surface area contributed by atoms with E-state index in [9.17, 15) is 31.5 Å². The molecule has 198 valence electrons. The van der Waals surface area contributed by atoms with Crippen LogP contribution in [0.2, 0.25) is 0 Å². The van der Waals surface area contributed by atoms with Crippen LogP contribution in [0.25, 0.3) is 11.1 Å². The second-order valence-electron chi connectivity index (χ2n) is 9.21. The molecule has 1 aromatic carbocycles. The Morgan fingerprint density at radius 2 is 1.72 bits per heavy atom. The lowest BCUT2D eigenvalue weighted by molar-refractivity contribution is -0.141. The van der Waals surface area contributed by atoms with Gasteiger partial charge in [-0.25, -0.2) is 23.6 Å². The van der Waals surface area contributed by atoms with E-state index in [0.29, 0.717) is 23.0 Å². The van der Waals surface area contributed by atoms with E-state index in [1.54, 1.807) is 32.0 Å². The zero-order chi connectivity index (χ0) is 28.1. The van der Waals surface area contributed by atoms with Crippen molar-refractivity contribution >= 4 is 29.1 Å². The maximum atomic E-state index is 13.8. The number of fused-ring (bicyclic) bond motifs is 1. The standard InChI is InChI=1S/C27H18F5N5O2/c1-26(2)21-16(8-10-34-23(21)37(25(26)39)20-5-3-4-9-33-20)14-11-17(22(35-13-14)27(30,31)32)24(38)36-15-6-7-18(28)19(29)12-15/h3-13H,1-2H3,(H,36,38). The number of benzene rings is 1. The quantitative estimate of drug-likeness (QED) is 0.320. The van der Waals surface area contributed by atoms with Gasteiger partial charge in [-0.15, -0.1) is 0 Å². The largest absolute Gasteiger partial charge is 0.434 e. The van der Waals surface area contributed by atoms with Crippen LogP contribution in [-0.2, 0) is 16.4 Å². The molecule has 0 fully saturated rings. The first-order valence-corrected chi connectivity index (χ1v) is 11.5. The molecular formula is C27H18F5N5O2. The van der Waals surface area contributed by atoms with Crippen LogP contribution >= 0.6 is 0 Å². The number of carbonyl (C=O) groups is 2. The van der Waals surface area contributed by atoms with Crippen molar-refractivity contribution in [3.05, 3.63) is 95.6 Å². The molecule has 0 aliphatic carbocycles. The zero-order valence-electron chi connectivity index (χ0n) is 20.3. The lowest BCUT2D eigenvalue weighted by atomic mass is 9.82. The fourth-order valence-corrected chi connectivity index (χ4v) is 4.44. The van der Waals surface area contributed by atoms with E-state index in [1.807, 2.05) is 0 Å². The highest BCUT2D eigenvalue weighted by Crippen LogP contribution is 2.48. The van der Waals surface area contributed by atoms with Gasteiger partial charge in [0.2, 0.25) is 5.91 Å². The van der Waals surface area contributed by atoms with Crippen molar-refractivity contribution in [2.75, 3.05) is 10.2 Å². The van der Waals surface area contributed by atoms with Gasteiger partial charge in [-0.05, 0) is 55.8 Å². The first-order chi connectivity index (χ1) is 18.4. The van der Waals surface area contributed by atoms with Crippen LogP contribution in [0.4, 0.5) is 39.3 Å². The number of anilines is 3. The Morgan fingerprint density at radius 1 is 0.949 bits per heavy atom. The molecule has 3 aromatic heterocycles. The highest BCUT2D eigenvalue weighted by Gasteiger charge is 2.48. The van der Waals surface area contributed by atoms with Crippen molar-refractivity contribution in [1.82, 2.24) is 15.0 Å². The third-order valence-corrected chi connectivity index (χ3v) is 6.27. The van der Waals surface area contributed by atoms with E-state index in [0.717, 1.165) is 24.4 Å². The molecule has 0 atom stereocenters. The van der Waals surface area contributed by atoms with Crippen LogP contribution in [0.5, 0.6) is 0 Å². The summed E-state index contributed by atoms with van der Waals surface area (Å²) >= 11 is 0. The Hall–Kier alpha value is -4.74. The molecule has 0 saturated heterocycles. The summed E-state index contributed by atoms with van der Waals surface area (Å²) in [5.74, 6) is -3.50. The molecule has 1 N–H and O–H groups in total. The van der Waals surface area contributed by atoms with Crippen LogP contribution in [-0.4, -0.2) is 26.8 Å². The van der Waals surface area contributed by atoms with Crippen LogP contribution in [0.3, 0.4) is 0 Å². The van der Waals surface area contributed by atoms with E-state index in [4.69, 9.17) is 0 Å². The summed E-state index contributed by atoms with van der Waals surface area (Å²) in [6, 6.07) is 9.89. The molecule has 0 saturated carbocycles. The number of halogens is 5. The van der Waals surface area contributed by atoms with E-state index in [1.165, 1.54) is 23.4 Å². The topological polar surface area (TPSA) is 88.1 Å². The number of nitrogens with one attached hydrogen (secondary N) is 1. The second kappa shape index (κ2) is 9.22. The molecule has 1 aliphatic heterocycles. The molecule has 0 unspecified atom stereocenters. The third kappa shape index (κ3) is 4.47. The SMILES string of the molecule is CC1(C)C(=O)N(c2ccccn2)c2nccc(-c3cnc(C(F)(F)F)c(C(=O)Nc4ccc(F)c(F)c4)c3)c21. The van der Waals surface area contributed by atoms with Crippen molar-refractivity contribution in [2.24, 2.45) is 0 Å². The van der Waals surface area contributed by atoms with Gasteiger partial charge in [-0.1, -0.05) is 6.07 Å². The summed E-state index contributed by atoms with van der Waals surface area (Å²) in [7, 11) is 0. The molecule has 4 heterocycles. The minimum atomic E-state index is -5.00. The molecule has 0 spiro atoms. The highest BCUT2D eigenvalue weighted by atomic mass is 19.4. The first-order valence-electron chi connectivity index (χ1n) is 11.5. The smallest absolute Gasteiger partial charge is 0.322 e. The molecular weight excluding hydrogens is 521 g/mol. The molecule has 0 bridgehead atoms. The number of alkyl halides is 3. The lowest BCUT2D eigenvalue weighted by Crippen LogP contribution is -2.33. The van der Waals surface area contributed by atoms with Crippen LogP contribution < -0.4 is 10.2 Å². The molecule has 39 heavy (non-hydrogen) atoms. The Morgan fingerprint density at radius 3 is 2.38 bits per heavy atom. The number of hydrogen-bond donors (Lipinski definition) is 1. The summed E-state index contributed by atoms with van der Waals surface area (Å²) in [5.41, 5.74) is -2.87. The normalized spacial score (nSPS) is 14.3. The highest BCUT2D eigenvalue weighted by molar-refractivity contribution is 6.13. The molecule has 2 amide bonds. The number of nitrogens with zero attached hydrogens (tertiary/aromatic N) is 4. The lowest BCUT2D eigenvalue weighted by Gasteiger charge is -2.20. The summed E-state index contributed by atoms with van der Waals surface area (Å²) < 4.78 is 68.3. The molecule has 12 heteroatoms. The van der Waals surface area contributed by atoms with Gasteiger partial charge < -0.3 is 5.32 Å². The van der Waals surface area contributed by atoms with Gasteiger partial charge in [0.25, 0.3) is 5.91 Å². The van der Waals surface area contributed by atoms with Crippen molar-refractivity contribution in [1.29, 1.82) is 0 Å². The number of rotatable bonds is 4. The maximum absolute atomic E-state index is 13.8. The Bertz CT molecular complexity index is 1620. The van der Waals surface area contributed by atoms with Crippen molar-refractivity contribution in [3.63, 3.8) is 0 Å². The number of pyridine rings is 3. The van der Waals surface area contributed by atoms with Crippen molar-refractivity contribution < 1.29 is 31.5 Å². The van der Waals surface area contributed by atoms with Gasteiger partial charge in [0.05, 0.1) is 11.0 Å². The van der Waals surface area contributed by atoms with E-state index >= 15 is 0 Å². The number of hydrogen-bond acceptors (Lipinski definition) is 5. The summed E-state index contributed by atoms with van der Waals surface area (Å²) in [4.78, 5) is 39.9. The zero-order valence-corrected chi connectivity index (χ0v) is 20.3. The van der Waals surface area contributed by atoms with Gasteiger partial charge in [-0.3, -0.25) is 14.6 Å².